The Kier molecular flexibility index (Phi) is 6.66. The van der Waals surface area contributed by atoms with Gasteiger partial charge >= 0.3 is 0 Å². The zero-order chi connectivity index (χ0) is 21.6. The van der Waals surface area contributed by atoms with Crippen molar-refractivity contribution in [1.82, 2.24) is 24.9 Å². The number of methoxy groups -OCH3 is 1. The number of aromatic nitrogens is 5. The molecule has 0 aliphatic carbocycles. The fourth-order valence-electron chi connectivity index (χ4n) is 3.21. The Hall–Kier alpha value is -3.13. The molecule has 4 aromatic rings. The molecular formula is C23H25N5O2S. The third-order valence-electron chi connectivity index (χ3n) is 4.86. The number of thioether (sulfide) groups is 1. The number of hydrogen-bond donors (Lipinski definition) is 0. The van der Waals surface area contributed by atoms with Crippen LogP contribution in [-0.2, 0) is 12.2 Å². The molecule has 0 amide bonds. The topological polar surface area (TPSA) is 78.9 Å². The fourth-order valence-corrected chi connectivity index (χ4v) is 3.99. The molecule has 160 valence electrons. The predicted octanol–water partition coefficient (Wildman–Crippen LogP) is 5.27. The maximum Gasteiger partial charge on any atom is 0.237 e. The molecule has 2 aromatic heterocycles. The van der Waals surface area contributed by atoms with Gasteiger partial charge in [0.15, 0.2) is 16.8 Å². The van der Waals surface area contributed by atoms with Gasteiger partial charge in [-0.25, -0.2) is 0 Å². The smallest absolute Gasteiger partial charge is 0.237 e. The molecule has 0 bridgehead atoms. The Bertz CT molecular complexity index is 1140. The third kappa shape index (κ3) is 4.80. The van der Waals surface area contributed by atoms with E-state index in [4.69, 9.17) is 9.26 Å². The van der Waals surface area contributed by atoms with Crippen LogP contribution in [0.1, 0.15) is 37.0 Å². The van der Waals surface area contributed by atoms with Crippen molar-refractivity contribution in [1.29, 1.82) is 0 Å². The number of hydrogen-bond acceptors (Lipinski definition) is 7. The highest BCUT2D eigenvalue weighted by Gasteiger charge is 2.20. The van der Waals surface area contributed by atoms with Gasteiger partial charge in [-0.3, -0.25) is 4.57 Å². The first-order chi connectivity index (χ1) is 15.2. The highest BCUT2D eigenvalue weighted by atomic mass is 32.2. The highest BCUT2D eigenvalue weighted by Crippen LogP contribution is 2.34. The van der Waals surface area contributed by atoms with E-state index in [-0.39, 0.29) is 0 Å². The zero-order valence-electron chi connectivity index (χ0n) is 17.9. The first-order valence-electron chi connectivity index (χ1n) is 10.3. The SMILES string of the molecule is CCCCc1noc(CSc2nnc(-c3ccccc3OC)n2-c2ccc(C)cc2)n1. The normalized spacial score (nSPS) is 11.1. The van der Waals surface area contributed by atoms with Crippen molar-refractivity contribution in [2.24, 2.45) is 0 Å². The molecule has 8 heteroatoms. The molecular weight excluding hydrogens is 410 g/mol. The molecule has 0 saturated carbocycles. The fraction of sp³-hybridized carbons (Fsp3) is 0.304. The molecule has 0 N–H and O–H groups in total. The van der Waals surface area contributed by atoms with Crippen LogP contribution in [0.4, 0.5) is 0 Å². The minimum atomic E-state index is 0.523. The summed E-state index contributed by atoms with van der Waals surface area (Å²) in [6, 6.07) is 16.1. The monoisotopic (exact) mass is 435 g/mol. The number of rotatable bonds is 9. The molecule has 4 rings (SSSR count). The molecule has 0 fully saturated rings. The summed E-state index contributed by atoms with van der Waals surface area (Å²) in [6.45, 7) is 4.21. The predicted molar refractivity (Wildman–Crippen MR) is 121 cm³/mol. The number of unbranched alkanes of at least 4 members (excludes halogenated alkanes) is 1. The Morgan fingerprint density at radius 2 is 1.87 bits per heavy atom. The van der Waals surface area contributed by atoms with Gasteiger partial charge in [-0.15, -0.1) is 10.2 Å². The maximum atomic E-state index is 5.56. The first kappa shape index (κ1) is 21.1. The van der Waals surface area contributed by atoms with Crippen LogP contribution in [0.2, 0.25) is 0 Å². The van der Waals surface area contributed by atoms with Gasteiger partial charge in [0.25, 0.3) is 0 Å². The van der Waals surface area contributed by atoms with Gasteiger partial charge < -0.3 is 9.26 Å². The summed E-state index contributed by atoms with van der Waals surface area (Å²) in [6.07, 6.45) is 2.99. The van der Waals surface area contributed by atoms with Crippen molar-refractivity contribution in [3.05, 3.63) is 65.8 Å². The van der Waals surface area contributed by atoms with Crippen molar-refractivity contribution >= 4 is 11.8 Å². The molecule has 0 radical (unpaired) electrons. The van der Waals surface area contributed by atoms with Gasteiger partial charge in [0.05, 0.1) is 18.4 Å². The average molecular weight is 436 g/mol. The van der Waals surface area contributed by atoms with Crippen LogP contribution in [-0.4, -0.2) is 32.0 Å². The largest absolute Gasteiger partial charge is 0.496 e. The number of aryl methyl sites for hydroxylation is 2. The van der Waals surface area contributed by atoms with E-state index in [1.165, 1.54) is 17.3 Å². The average Bonchev–Trinajstić information content (AvgIpc) is 3.43. The van der Waals surface area contributed by atoms with E-state index in [0.29, 0.717) is 11.6 Å². The second kappa shape index (κ2) is 9.78. The lowest BCUT2D eigenvalue weighted by Gasteiger charge is -2.12. The van der Waals surface area contributed by atoms with Gasteiger partial charge in [0, 0.05) is 12.1 Å². The van der Waals surface area contributed by atoms with Crippen LogP contribution in [0.15, 0.2) is 58.2 Å². The summed E-state index contributed by atoms with van der Waals surface area (Å²) in [7, 11) is 1.66. The van der Waals surface area contributed by atoms with Crippen LogP contribution in [0.3, 0.4) is 0 Å². The van der Waals surface area contributed by atoms with E-state index in [1.807, 2.05) is 28.8 Å². The molecule has 0 unspecified atom stereocenters. The maximum absolute atomic E-state index is 5.56. The summed E-state index contributed by atoms with van der Waals surface area (Å²) in [5, 5.41) is 13.8. The molecule has 0 aliphatic heterocycles. The zero-order valence-corrected chi connectivity index (χ0v) is 18.7. The molecule has 0 spiro atoms. The quantitative estimate of drug-likeness (QED) is 0.331. The van der Waals surface area contributed by atoms with E-state index >= 15 is 0 Å². The van der Waals surface area contributed by atoms with E-state index in [2.05, 4.69) is 58.5 Å². The first-order valence-corrected chi connectivity index (χ1v) is 11.3. The summed E-state index contributed by atoms with van der Waals surface area (Å²) < 4.78 is 13.0. The Balaban J connectivity index is 1.67. The lowest BCUT2D eigenvalue weighted by Crippen LogP contribution is -2.01. The van der Waals surface area contributed by atoms with Crippen molar-refractivity contribution in [3.8, 4) is 22.8 Å². The van der Waals surface area contributed by atoms with Crippen LogP contribution in [0.25, 0.3) is 17.1 Å². The Labute approximate surface area is 185 Å². The van der Waals surface area contributed by atoms with Crippen molar-refractivity contribution in [2.75, 3.05) is 7.11 Å². The molecule has 0 atom stereocenters. The van der Waals surface area contributed by atoms with Gasteiger partial charge in [0.2, 0.25) is 5.89 Å². The van der Waals surface area contributed by atoms with Crippen LogP contribution in [0, 0.1) is 6.92 Å². The second-order valence-corrected chi connectivity index (χ2v) is 8.12. The third-order valence-corrected chi connectivity index (χ3v) is 5.78. The van der Waals surface area contributed by atoms with Crippen molar-refractivity contribution in [2.45, 2.75) is 44.0 Å². The summed E-state index contributed by atoms with van der Waals surface area (Å²) in [5.74, 6) is 3.34. The lowest BCUT2D eigenvalue weighted by atomic mass is 10.1. The van der Waals surface area contributed by atoms with Crippen LogP contribution >= 0.6 is 11.8 Å². The van der Waals surface area contributed by atoms with E-state index in [9.17, 15) is 0 Å². The minimum absolute atomic E-state index is 0.523. The van der Waals surface area contributed by atoms with Gasteiger partial charge in [-0.2, -0.15) is 4.98 Å². The number of nitrogens with zero attached hydrogens (tertiary/aromatic N) is 5. The molecule has 31 heavy (non-hydrogen) atoms. The molecule has 2 aromatic carbocycles. The number of benzene rings is 2. The van der Waals surface area contributed by atoms with Crippen molar-refractivity contribution < 1.29 is 9.26 Å². The van der Waals surface area contributed by atoms with Crippen molar-refractivity contribution in [3.63, 3.8) is 0 Å². The van der Waals surface area contributed by atoms with Gasteiger partial charge in [-0.1, -0.05) is 60.1 Å². The van der Waals surface area contributed by atoms with Gasteiger partial charge in [0.1, 0.15) is 5.75 Å². The molecule has 0 saturated heterocycles. The van der Waals surface area contributed by atoms with E-state index in [0.717, 1.165) is 53.1 Å². The standard InChI is InChI=1S/C23H25N5O2S/c1-4-5-10-20-24-21(30-27-20)15-31-23-26-25-22(18-8-6-7-9-19(18)29-3)28(23)17-13-11-16(2)12-14-17/h6-9,11-14H,4-5,10,15H2,1-3H3. The second-order valence-electron chi connectivity index (χ2n) is 7.17. The van der Waals surface area contributed by atoms with Gasteiger partial charge in [-0.05, 0) is 37.6 Å². The molecule has 7 nitrogen and oxygen atoms in total. The summed E-state index contributed by atoms with van der Waals surface area (Å²) in [4.78, 5) is 4.49. The molecule has 0 aliphatic rings. The minimum Gasteiger partial charge on any atom is -0.496 e. The Morgan fingerprint density at radius 1 is 1.06 bits per heavy atom. The van der Waals surface area contributed by atoms with E-state index in [1.54, 1.807) is 7.11 Å². The lowest BCUT2D eigenvalue weighted by molar-refractivity contribution is 0.384. The summed E-state index contributed by atoms with van der Waals surface area (Å²) in [5.41, 5.74) is 3.05. The van der Waals surface area contributed by atoms with Crippen LogP contribution in [0.5, 0.6) is 5.75 Å². The van der Waals surface area contributed by atoms with Crippen LogP contribution < -0.4 is 4.74 Å². The number of para-hydroxylation sites is 1. The highest BCUT2D eigenvalue weighted by molar-refractivity contribution is 7.98. The molecule has 2 heterocycles. The number of ether oxygens (including phenoxy) is 1. The summed E-state index contributed by atoms with van der Waals surface area (Å²) >= 11 is 1.52. The van der Waals surface area contributed by atoms with E-state index < -0.39 is 0 Å². The Morgan fingerprint density at radius 3 is 2.65 bits per heavy atom.